The number of aromatic nitrogens is 2. The van der Waals surface area contributed by atoms with Gasteiger partial charge in [-0.25, -0.2) is 4.79 Å². The van der Waals surface area contributed by atoms with Crippen molar-refractivity contribution in [3.63, 3.8) is 0 Å². The summed E-state index contributed by atoms with van der Waals surface area (Å²) in [7, 11) is 1.33. The maximum Gasteiger partial charge on any atom is 0.359 e. The van der Waals surface area contributed by atoms with Crippen molar-refractivity contribution in [3.05, 3.63) is 28.4 Å². The summed E-state index contributed by atoms with van der Waals surface area (Å²) in [5.74, 6) is -0.456. The van der Waals surface area contributed by atoms with Crippen LogP contribution < -0.4 is 0 Å². The first-order chi connectivity index (χ1) is 9.17. The summed E-state index contributed by atoms with van der Waals surface area (Å²) in [6.45, 7) is 0.600. The summed E-state index contributed by atoms with van der Waals surface area (Å²) < 4.78 is 7.36. The Labute approximate surface area is 118 Å². The fourth-order valence-corrected chi connectivity index (χ4v) is 2.24. The molecule has 0 atom stereocenters. The zero-order chi connectivity index (χ0) is 13.8. The predicted octanol–water partition coefficient (Wildman–Crippen LogP) is 2.89. The van der Waals surface area contributed by atoms with Gasteiger partial charge in [0.2, 0.25) is 0 Å². The third-order valence-electron chi connectivity index (χ3n) is 2.75. The van der Waals surface area contributed by atoms with Crippen LogP contribution in [0.1, 0.15) is 23.3 Å². The summed E-state index contributed by atoms with van der Waals surface area (Å²) in [6, 6.07) is 7.73. The van der Waals surface area contributed by atoms with Crippen LogP contribution in [-0.2, 0) is 11.3 Å². The van der Waals surface area contributed by atoms with E-state index in [1.807, 2.05) is 18.2 Å². The van der Waals surface area contributed by atoms with Crippen molar-refractivity contribution in [2.45, 2.75) is 19.4 Å². The monoisotopic (exact) mass is 321 g/mol. The number of fused-ring (bicyclic) bond motifs is 1. The average molecular weight is 322 g/mol. The van der Waals surface area contributed by atoms with Gasteiger partial charge in [-0.15, -0.1) is 0 Å². The Kier molecular flexibility index (Phi) is 4.17. The van der Waals surface area contributed by atoms with Gasteiger partial charge in [-0.1, -0.05) is 15.9 Å². The number of benzene rings is 1. The number of hydrogen-bond acceptors (Lipinski definition) is 4. The minimum Gasteiger partial charge on any atom is -0.464 e. The Morgan fingerprint density at radius 1 is 1.58 bits per heavy atom. The topological polar surface area (TPSA) is 67.9 Å². The SMILES string of the molecule is COC(=O)c1nn(CCCC#N)c2ccc(Br)cc12. The van der Waals surface area contributed by atoms with Gasteiger partial charge in [0.25, 0.3) is 0 Å². The molecule has 0 aliphatic heterocycles. The molecule has 98 valence electrons. The lowest BCUT2D eigenvalue weighted by Gasteiger charge is -2.00. The molecule has 0 aliphatic carbocycles. The third-order valence-corrected chi connectivity index (χ3v) is 3.24. The Balaban J connectivity index is 2.47. The van der Waals surface area contributed by atoms with Gasteiger partial charge < -0.3 is 4.74 Å². The number of carbonyl (C=O) groups is 1. The first-order valence-corrected chi connectivity index (χ1v) is 6.58. The second-order valence-corrected chi connectivity index (χ2v) is 4.90. The fraction of sp³-hybridized carbons (Fsp3) is 0.308. The fourth-order valence-electron chi connectivity index (χ4n) is 1.88. The molecule has 0 aliphatic rings. The van der Waals surface area contributed by atoms with Crippen LogP contribution in [0.2, 0.25) is 0 Å². The summed E-state index contributed by atoms with van der Waals surface area (Å²) in [5, 5.41) is 13.6. The molecule has 0 spiro atoms. The Morgan fingerprint density at radius 3 is 3.05 bits per heavy atom. The van der Waals surface area contributed by atoms with E-state index in [-0.39, 0.29) is 0 Å². The highest BCUT2D eigenvalue weighted by Crippen LogP contribution is 2.24. The maximum absolute atomic E-state index is 11.7. The molecule has 1 heterocycles. The molecule has 0 fully saturated rings. The zero-order valence-electron chi connectivity index (χ0n) is 10.4. The molecule has 6 heteroatoms. The molecular weight excluding hydrogens is 310 g/mol. The number of rotatable bonds is 4. The van der Waals surface area contributed by atoms with Crippen molar-refractivity contribution in [2.24, 2.45) is 0 Å². The molecule has 19 heavy (non-hydrogen) atoms. The lowest BCUT2D eigenvalue weighted by atomic mass is 10.2. The van der Waals surface area contributed by atoms with Crippen molar-refractivity contribution < 1.29 is 9.53 Å². The first kappa shape index (κ1) is 13.6. The van der Waals surface area contributed by atoms with Gasteiger partial charge in [-0.05, 0) is 24.6 Å². The van der Waals surface area contributed by atoms with E-state index in [1.54, 1.807) is 4.68 Å². The molecule has 0 amide bonds. The van der Waals surface area contributed by atoms with Gasteiger partial charge in [0.15, 0.2) is 5.69 Å². The van der Waals surface area contributed by atoms with Crippen LogP contribution in [0.5, 0.6) is 0 Å². The van der Waals surface area contributed by atoms with Gasteiger partial charge in [-0.3, -0.25) is 4.68 Å². The standard InChI is InChI=1S/C13H12BrN3O2/c1-19-13(18)12-10-8-9(14)4-5-11(10)17(16-12)7-3-2-6-15/h4-5,8H,2-3,7H2,1H3. The van der Waals surface area contributed by atoms with Crippen molar-refractivity contribution in [1.82, 2.24) is 9.78 Å². The smallest absolute Gasteiger partial charge is 0.359 e. The third kappa shape index (κ3) is 2.76. The van der Waals surface area contributed by atoms with Crippen LogP contribution in [0.15, 0.2) is 22.7 Å². The number of unbranched alkanes of at least 4 members (excludes halogenated alkanes) is 1. The minimum absolute atomic E-state index is 0.302. The molecule has 5 nitrogen and oxygen atoms in total. The van der Waals surface area contributed by atoms with Crippen LogP contribution >= 0.6 is 15.9 Å². The highest BCUT2D eigenvalue weighted by molar-refractivity contribution is 9.10. The van der Waals surface area contributed by atoms with Crippen LogP contribution in [0.25, 0.3) is 10.9 Å². The van der Waals surface area contributed by atoms with E-state index in [1.165, 1.54) is 7.11 Å². The quantitative estimate of drug-likeness (QED) is 0.641. The Hall–Kier alpha value is -1.87. The molecule has 0 unspecified atom stereocenters. The van der Waals surface area contributed by atoms with Gasteiger partial charge in [0.1, 0.15) is 0 Å². The van der Waals surface area contributed by atoms with Crippen molar-refractivity contribution in [3.8, 4) is 6.07 Å². The van der Waals surface area contributed by atoms with Crippen LogP contribution in [0, 0.1) is 11.3 Å². The number of aryl methyl sites for hydroxylation is 1. The maximum atomic E-state index is 11.7. The number of halogens is 1. The van der Waals surface area contributed by atoms with Crippen LogP contribution in [0.4, 0.5) is 0 Å². The molecule has 2 rings (SSSR count). The predicted molar refractivity (Wildman–Crippen MR) is 73.6 cm³/mol. The molecular formula is C13H12BrN3O2. The Bertz CT molecular complexity index is 658. The number of carbonyl (C=O) groups excluding carboxylic acids is 1. The molecule has 0 N–H and O–H groups in total. The molecule has 0 bridgehead atoms. The number of ether oxygens (including phenoxy) is 1. The second kappa shape index (κ2) is 5.85. The van der Waals surface area contributed by atoms with E-state index in [0.717, 1.165) is 15.4 Å². The first-order valence-electron chi connectivity index (χ1n) is 5.78. The van der Waals surface area contributed by atoms with Crippen LogP contribution in [-0.4, -0.2) is 22.9 Å². The summed E-state index contributed by atoms with van der Waals surface area (Å²) in [6.07, 6.45) is 1.16. The Morgan fingerprint density at radius 2 is 2.37 bits per heavy atom. The van der Waals surface area contributed by atoms with E-state index in [0.29, 0.717) is 25.1 Å². The number of methoxy groups -OCH3 is 1. The molecule has 1 aromatic carbocycles. The van der Waals surface area contributed by atoms with Gasteiger partial charge >= 0.3 is 5.97 Å². The van der Waals surface area contributed by atoms with Crippen LogP contribution in [0.3, 0.4) is 0 Å². The van der Waals surface area contributed by atoms with E-state index >= 15 is 0 Å². The van der Waals surface area contributed by atoms with Crippen molar-refractivity contribution in [2.75, 3.05) is 7.11 Å². The lowest BCUT2D eigenvalue weighted by Crippen LogP contribution is -2.05. The lowest BCUT2D eigenvalue weighted by molar-refractivity contribution is 0.0595. The largest absolute Gasteiger partial charge is 0.464 e. The van der Waals surface area contributed by atoms with Gasteiger partial charge in [-0.2, -0.15) is 10.4 Å². The zero-order valence-corrected chi connectivity index (χ0v) is 12.0. The molecule has 0 saturated carbocycles. The summed E-state index contributed by atoms with van der Waals surface area (Å²) >= 11 is 3.38. The summed E-state index contributed by atoms with van der Waals surface area (Å²) in [4.78, 5) is 11.7. The van der Waals surface area contributed by atoms with Gasteiger partial charge in [0, 0.05) is 22.8 Å². The van der Waals surface area contributed by atoms with E-state index < -0.39 is 5.97 Å². The number of esters is 1. The number of nitrogens with zero attached hydrogens (tertiary/aromatic N) is 3. The molecule has 0 radical (unpaired) electrons. The molecule has 0 saturated heterocycles. The van der Waals surface area contributed by atoms with Gasteiger partial charge in [0.05, 0.1) is 18.7 Å². The molecule has 1 aromatic heterocycles. The van der Waals surface area contributed by atoms with Crippen molar-refractivity contribution >= 4 is 32.8 Å². The highest BCUT2D eigenvalue weighted by atomic mass is 79.9. The summed E-state index contributed by atoms with van der Waals surface area (Å²) in [5.41, 5.74) is 1.16. The molecule has 2 aromatic rings. The van der Waals surface area contributed by atoms with E-state index in [9.17, 15) is 4.79 Å². The second-order valence-electron chi connectivity index (χ2n) is 3.99. The number of nitriles is 1. The van der Waals surface area contributed by atoms with Crippen molar-refractivity contribution in [1.29, 1.82) is 5.26 Å². The highest BCUT2D eigenvalue weighted by Gasteiger charge is 2.17. The van der Waals surface area contributed by atoms with E-state index in [4.69, 9.17) is 10.00 Å². The normalized spacial score (nSPS) is 10.4. The van der Waals surface area contributed by atoms with E-state index in [2.05, 4.69) is 27.1 Å². The minimum atomic E-state index is -0.456. The number of hydrogen-bond donors (Lipinski definition) is 0. The average Bonchev–Trinajstić information content (AvgIpc) is 2.76.